The fourth-order valence-corrected chi connectivity index (χ4v) is 2.51. The highest BCUT2D eigenvalue weighted by atomic mass is 35.5. The fraction of sp³-hybridized carbons (Fsp3) is 0.211. The number of hydrogen-bond acceptors (Lipinski definition) is 2. The van der Waals surface area contributed by atoms with Gasteiger partial charge in [0.25, 0.3) is 0 Å². The second-order valence-electron chi connectivity index (χ2n) is 5.52. The second kappa shape index (κ2) is 8.51. The zero-order chi connectivity index (χ0) is 16.7. The van der Waals surface area contributed by atoms with E-state index in [1.54, 1.807) is 12.1 Å². The van der Waals surface area contributed by atoms with Crippen LogP contribution >= 0.6 is 11.6 Å². The predicted molar refractivity (Wildman–Crippen MR) is 96.4 cm³/mol. The van der Waals surface area contributed by atoms with Crippen molar-refractivity contribution in [3.8, 4) is 0 Å². The number of likely N-dealkylation sites (N-methyl/N-ethyl adjacent to an activating group) is 1. The summed E-state index contributed by atoms with van der Waals surface area (Å²) in [5.74, 6) is -0.118. The van der Waals surface area contributed by atoms with Gasteiger partial charge in [0.1, 0.15) is 0 Å². The van der Waals surface area contributed by atoms with Crippen LogP contribution in [0.1, 0.15) is 17.2 Å². The Hall–Kier alpha value is -2.10. The number of nitrogens with zero attached hydrogens (tertiary/aromatic N) is 1. The topological polar surface area (TPSA) is 32.3 Å². The number of hydrogen-bond donors (Lipinski definition) is 1. The van der Waals surface area contributed by atoms with Crippen molar-refractivity contribution in [1.82, 2.24) is 10.2 Å². The zero-order valence-corrected chi connectivity index (χ0v) is 14.1. The number of rotatable bonds is 6. The Balaban J connectivity index is 1.94. The lowest BCUT2D eigenvalue weighted by Gasteiger charge is -2.24. The molecule has 0 radical (unpaired) electrons. The maximum atomic E-state index is 12.0. The molecule has 0 aliphatic carbocycles. The Morgan fingerprint density at radius 3 is 2.57 bits per heavy atom. The molecule has 1 atom stereocenters. The van der Waals surface area contributed by atoms with Gasteiger partial charge in [0, 0.05) is 17.6 Å². The first-order chi connectivity index (χ1) is 11.1. The van der Waals surface area contributed by atoms with E-state index in [0.717, 1.165) is 5.56 Å². The summed E-state index contributed by atoms with van der Waals surface area (Å²) in [6.45, 7) is 0.551. The highest BCUT2D eigenvalue weighted by Gasteiger charge is 2.13. The molecule has 0 spiro atoms. The van der Waals surface area contributed by atoms with Crippen molar-refractivity contribution in [2.75, 3.05) is 20.6 Å². The Labute approximate surface area is 142 Å². The van der Waals surface area contributed by atoms with E-state index in [0.29, 0.717) is 11.6 Å². The molecule has 0 aliphatic rings. The number of carbonyl (C=O) groups excluding carboxylic acids is 1. The van der Waals surface area contributed by atoms with Crippen molar-refractivity contribution in [2.24, 2.45) is 0 Å². The third kappa shape index (κ3) is 5.55. The summed E-state index contributed by atoms with van der Waals surface area (Å²) >= 11 is 5.93. The molecule has 23 heavy (non-hydrogen) atoms. The third-order valence-corrected chi connectivity index (χ3v) is 3.79. The summed E-state index contributed by atoms with van der Waals surface area (Å²) in [5.41, 5.74) is 2.08. The summed E-state index contributed by atoms with van der Waals surface area (Å²) in [6.07, 6.45) is 3.29. The molecule has 0 fully saturated rings. The molecular weight excluding hydrogens is 308 g/mol. The van der Waals surface area contributed by atoms with Crippen LogP contribution < -0.4 is 5.32 Å². The largest absolute Gasteiger partial charge is 0.351 e. The van der Waals surface area contributed by atoms with Crippen molar-refractivity contribution in [2.45, 2.75) is 6.04 Å². The van der Waals surface area contributed by atoms with E-state index in [2.05, 4.69) is 22.3 Å². The van der Waals surface area contributed by atoms with Crippen LogP contribution in [0.4, 0.5) is 0 Å². The quantitative estimate of drug-likeness (QED) is 0.819. The Morgan fingerprint density at radius 1 is 1.17 bits per heavy atom. The van der Waals surface area contributed by atoms with Gasteiger partial charge < -0.3 is 10.2 Å². The minimum atomic E-state index is -0.118. The number of carbonyl (C=O) groups is 1. The first kappa shape index (κ1) is 17.3. The summed E-state index contributed by atoms with van der Waals surface area (Å²) in [4.78, 5) is 14.1. The van der Waals surface area contributed by atoms with E-state index in [1.807, 2.05) is 50.5 Å². The number of nitrogens with one attached hydrogen (secondary N) is 1. The lowest BCUT2D eigenvalue weighted by molar-refractivity contribution is -0.116. The van der Waals surface area contributed by atoms with Crippen molar-refractivity contribution in [3.05, 3.63) is 76.8 Å². The first-order valence-corrected chi connectivity index (χ1v) is 7.87. The molecule has 120 valence electrons. The van der Waals surface area contributed by atoms with Gasteiger partial charge in [-0.2, -0.15) is 0 Å². The summed E-state index contributed by atoms with van der Waals surface area (Å²) in [7, 11) is 4.01. The standard InChI is InChI=1S/C19H21ClN2O/c1-22(2)18(16-8-4-3-5-9-16)14-21-19(23)12-11-15-7-6-10-17(20)13-15/h3-13,18H,14H2,1-2H3,(H,21,23)/b12-11+/t18-/m1/s1. The van der Waals surface area contributed by atoms with Crippen LogP contribution in [0, 0.1) is 0 Å². The molecule has 1 amide bonds. The van der Waals surface area contributed by atoms with E-state index in [9.17, 15) is 4.79 Å². The molecule has 0 saturated carbocycles. The summed E-state index contributed by atoms with van der Waals surface area (Å²) < 4.78 is 0. The Kier molecular flexibility index (Phi) is 6.39. The molecule has 1 N–H and O–H groups in total. The number of amides is 1. The molecule has 0 bridgehead atoms. The van der Waals surface area contributed by atoms with Crippen molar-refractivity contribution in [3.63, 3.8) is 0 Å². The molecule has 2 rings (SSSR count). The average Bonchev–Trinajstić information content (AvgIpc) is 2.54. The zero-order valence-electron chi connectivity index (χ0n) is 13.4. The van der Waals surface area contributed by atoms with Gasteiger partial charge in [0.05, 0.1) is 6.04 Å². The molecule has 2 aromatic carbocycles. The van der Waals surface area contributed by atoms with Gasteiger partial charge in [-0.15, -0.1) is 0 Å². The monoisotopic (exact) mass is 328 g/mol. The van der Waals surface area contributed by atoms with E-state index >= 15 is 0 Å². The smallest absolute Gasteiger partial charge is 0.244 e. The van der Waals surface area contributed by atoms with Gasteiger partial charge in [-0.25, -0.2) is 0 Å². The van der Waals surface area contributed by atoms with Crippen LogP contribution in [0.25, 0.3) is 6.08 Å². The first-order valence-electron chi connectivity index (χ1n) is 7.49. The lowest BCUT2D eigenvalue weighted by Crippen LogP contribution is -2.33. The van der Waals surface area contributed by atoms with Crippen molar-refractivity contribution < 1.29 is 4.79 Å². The lowest BCUT2D eigenvalue weighted by atomic mass is 10.1. The minimum absolute atomic E-state index is 0.118. The summed E-state index contributed by atoms with van der Waals surface area (Å²) in [6, 6.07) is 17.7. The molecule has 0 aromatic heterocycles. The van der Waals surface area contributed by atoms with Crippen LogP contribution in [0.3, 0.4) is 0 Å². The van der Waals surface area contributed by atoms with E-state index in [1.165, 1.54) is 11.6 Å². The second-order valence-corrected chi connectivity index (χ2v) is 5.96. The van der Waals surface area contributed by atoms with Crippen LogP contribution in [-0.4, -0.2) is 31.4 Å². The van der Waals surface area contributed by atoms with Gasteiger partial charge >= 0.3 is 0 Å². The molecule has 0 aliphatic heterocycles. The summed E-state index contributed by atoms with van der Waals surface area (Å²) in [5, 5.41) is 3.60. The molecule has 2 aromatic rings. The van der Waals surface area contributed by atoms with E-state index in [-0.39, 0.29) is 11.9 Å². The van der Waals surface area contributed by atoms with Gasteiger partial charge in [0.15, 0.2) is 0 Å². The molecule has 0 heterocycles. The molecular formula is C19H21ClN2O. The third-order valence-electron chi connectivity index (χ3n) is 3.55. The van der Waals surface area contributed by atoms with Crippen LogP contribution in [0.5, 0.6) is 0 Å². The fourth-order valence-electron chi connectivity index (χ4n) is 2.31. The molecule has 0 unspecified atom stereocenters. The Morgan fingerprint density at radius 2 is 1.91 bits per heavy atom. The van der Waals surface area contributed by atoms with Gasteiger partial charge in [-0.1, -0.05) is 54.1 Å². The normalized spacial score (nSPS) is 12.5. The molecule has 3 nitrogen and oxygen atoms in total. The Bertz CT molecular complexity index is 668. The average molecular weight is 329 g/mol. The van der Waals surface area contributed by atoms with Crippen LogP contribution in [-0.2, 0) is 4.79 Å². The van der Waals surface area contributed by atoms with Gasteiger partial charge in [0.2, 0.25) is 5.91 Å². The minimum Gasteiger partial charge on any atom is -0.351 e. The van der Waals surface area contributed by atoms with Crippen molar-refractivity contribution >= 4 is 23.6 Å². The van der Waals surface area contributed by atoms with E-state index < -0.39 is 0 Å². The van der Waals surface area contributed by atoms with Gasteiger partial charge in [-0.3, -0.25) is 4.79 Å². The SMILES string of the molecule is CN(C)[C@H](CNC(=O)/C=C/c1cccc(Cl)c1)c1ccccc1. The number of benzene rings is 2. The molecule has 4 heteroatoms. The van der Waals surface area contributed by atoms with Crippen LogP contribution in [0.2, 0.25) is 5.02 Å². The highest BCUT2D eigenvalue weighted by Crippen LogP contribution is 2.16. The van der Waals surface area contributed by atoms with Crippen LogP contribution in [0.15, 0.2) is 60.7 Å². The maximum absolute atomic E-state index is 12.0. The molecule has 0 saturated heterocycles. The van der Waals surface area contributed by atoms with E-state index in [4.69, 9.17) is 11.6 Å². The predicted octanol–water partition coefficient (Wildman–Crippen LogP) is 3.77. The van der Waals surface area contributed by atoms with Gasteiger partial charge in [-0.05, 0) is 43.4 Å². The van der Waals surface area contributed by atoms with Crippen molar-refractivity contribution in [1.29, 1.82) is 0 Å². The maximum Gasteiger partial charge on any atom is 0.244 e. The number of halogens is 1. The highest BCUT2D eigenvalue weighted by molar-refractivity contribution is 6.30.